The van der Waals surface area contributed by atoms with E-state index in [9.17, 15) is 9.90 Å². The van der Waals surface area contributed by atoms with Gasteiger partial charge in [0.15, 0.2) is 5.16 Å². The zero-order valence-corrected chi connectivity index (χ0v) is 12.1. The number of para-hydroxylation sites is 1. The average molecular weight is 300 g/mol. The van der Waals surface area contributed by atoms with Gasteiger partial charge in [-0.3, -0.25) is 0 Å². The fraction of sp³-hybridized carbons (Fsp3) is 0.133. The number of benzene rings is 1. The number of furan rings is 1. The minimum Gasteiger partial charge on any atom is -0.478 e. The molecule has 0 aliphatic rings. The van der Waals surface area contributed by atoms with E-state index in [1.54, 1.807) is 30.6 Å². The number of nitrogens with zero attached hydrogens (tertiary/aromatic N) is 2. The normalized spacial score (nSPS) is 10.9. The zero-order chi connectivity index (χ0) is 14.8. The number of aromatic nitrogens is 2. The molecular weight excluding hydrogens is 288 g/mol. The lowest BCUT2D eigenvalue weighted by atomic mass is 10.1. The van der Waals surface area contributed by atoms with E-state index in [-0.39, 0.29) is 5.56 Å². The highest BCUT2D eigenvalue weighted by molar-refractivity contribution is 7.98. The molecule has 2 aromatic heterocycles. The molecule has 21 heavy (non-hydrogen) atoms. The molecule has 1 aromatic carbocycles. The van der Waals surface area contributed by atoms with E-state index in [0.29, 0.717) is 27.6 Å². The van der Waals surface area contributed by atoms with Crippen LogP contribution in [0.4, 0.5) is 0 Å². The van der Waals surface area contributed by atoms with Gasteiger partial charge in [-0.05, 0) is 18.6 Å². The molecule has 1 N–H and O–H groups in total. The van der Waals surface area contributed by atoms with Crippen LogP contribution in [0.2, 0.25) is 0 Å². The summed E-state index contributed by atoms with van der Waals surface area (Å²) in [5, 5.41) is 10.6. The number of aromatic carboxylic acids is 1. The highest BCUT2D eigenvalue weighted by atomic mass is 32.2. The molecule has 2 heterocycles. The summed E-state index contributed by atoms with van der Waals surface area (Å²) < 4.78 is 5.65. The van der Waals surface area contributed by atoms with Crippen molar-refractivity contribution >= 4 is 28.7 Å². The molecule has 6 heteroatoms. The summed E-state index contributed by atoms with van der Waals surface area (Å²) >= 11 is 1.35. The topological polar surface area (TPSA) is 76.2 Å². The Bertz CT molecular complexity index is 796. The molecule has 0 atom stereocenters. The van der Waals surface area contributed by atoms with Gasteiger partial charge < -0.3 is 9.52 Å². The first-order valence-electron chi connectivity index (χ1n) is 6.30. The van der Waals surface area contributed by atoms with E-state index in [0.717, 1.165) is 5.56 Å². The van der Waals surface area contributed by atoms with Crippen molar-refractivity contribution < 1.29 is 14.3 Å². The minimum atomic E-state index is -0.986. The maximum atomic E-state index is 11.5. The summed E-state index contributed by atoms with van der Waals surface area (Å²) in [7, 11) is 0. The SMILES string of the molecule is Cc1cnc(SCc2oc3ccccc3c2C(=O)O)nc1. The molecule has 0 saturated carbocycles. The molecule has 3 rings (SSSR count). The van der Waals surface area contributed by atoms with Gasteiger partial charge in [-0.2, -0.15) is 0 Å². The van der Waals surface area contributed by atoms with Gasteiger partial charge in [0, 0.05) is 17.8 Å². The fourth-order valence-electron chi connectivity index (χ4n) is 2.02. The number of rotatable bonds is 4. The molecule has 0 aliphatic carbocycles. The van der Waals surface area contributed by atoms with E-state index >= 15 is 0 Å². The number of carboxylic acids is 1. The third kappa shape index (κ3) is 2.75. The number of thioether (sulfide) groups is 1. The monoisotopic (exact) mass is 300 g/mol. The molecule has 5 nitrogen and oxygen atoms in total. The second-order valence-corrected chi connectivity index (χ2v) is 5.48. The number of hydrogen-bond acceptors (Lipinski definition) is 5. The molecule has 0 fully saturated rings. The summed E-state index contributed by atoms with van der Waals surface area (Å²) in [6, 6.07) is 7.12. The fourth-order valence-corrected chi connectivity index (χ4v) is 2.74. The summed E-state index contributed by atoms with van der Waals surface area (Å²) in [6.07, 6.45) is 3.46. The zero-order valence-electron chi connectivity index (χ0n) is 11.2. The van der Waals surface area contributed by atoms with Crippen molar-refractivity contribution in [3.05, 3.63) is 53.5 Å². The van der Waals surface area contributed by atoms with Crippen molar-refractivity contribution in [2.24, 2.45) is 0 Å². The van der Waals surface area contributed by atoms with Crippen LogP contribution in [0.25, 0.3) is 11.0 Å². The summed E-state index contributed by atoms with van der Waals surface area (Å²) in [5.41, 5.74) is 1.77. The van der Waals surface area contributed by atoms with Crippen molar-refractivity contribution in [3.63, 3.8) is 0 Å². The molecule has 0 unspecified atom stereocenters. The number of carbonyl (C=O) groups is 1. The lowest BCUT2D eigenvalue weighted by Gasteiger charge is -1.99. The number of aryl methyl sites for hydroxylation is 1. The predicted molar refractivity (Wildman–Crippen MR) is 79.5 cm³/mol. The van der Waals surface area contributed by atoms with E-state index in [1.165, 1.54) is 11.8 Å². The van der Waals surface area contributed by atoms with Crippen LogP contribution in [0, 0.1) is 6.92 Å². The van der Waals surface area contributed by atoms with Crippen molar-refractivity contribution in [2.45, 2.75) is 17.8 Å². The highest BCUT2D eigenvalue weighted by Crippen LogP contribution is 2.30. The first-order valence-corrected chi connectivity index (χ1v) is 7.29. The van der Waals surface area contributed by atoms with E-state index in [4.69, 9.17) is 4.42 Å². The molecule has 0 bridgehead atoms. The Hall–Kier alpha value is -2.34. The Morgan fingerprint density at radius 2 is 2.00 bits per heavy atom. The summed E-state index contributed by atoms with van der Waals surface area (Å²) in [6.45, 7) is 1.91. The lowest BCUT2D eigenvalue weighted by molar-refractivity contribution is 0.0697. The minimum absolute atomic E-state index is 0.213. The summed E-state index contributed by atoms with van der Waals surface area (Å²) in [4.78, 5) is 19.8. The van der Waals surface area contributed by atoms with Crippen molar-refractivity contribution in [2.75, 3.05) is 0 Å². The van der Waals surface area contributed by atoms with Gasteiger partial charge in [0.2, 0.25) is 0 Å². The molecular formula is C15H12N2O3S. The van der Waals surface area contributed by atoms with Gasteiger partial charge in [0.1, 0.15) is 16.9 Å². The largest absolute Gasteiger partial charge is 0.478 e. The maximum absolute atomic E-state index is 11.5. The second kappa shape index (κ2) is 5.57. The van der Waals surface area contributed by atoms with Crippen LogP contribution in [0.3, 0.4) is 0 Å². The van der Waals surface area contributed by atoms with Crippen LogP contribution in [-0.4, -0.2) is 21.0 Å². The van der Waals surface area contributed by atoms with Gasteiger partial charge in [-0.25, -0.2) is 14.8 Å². The van der Waals surface area contributed by atoms with Crippen LogP contribution in [0.1, 0.15) is 21.7 Å². The standard InChI is InChI=1S/C15H12N2O3S/c1-9-6-16-15(17-7-9)21-8-12-13(14(18)19)10-4-2-3-5-11(10)20-12/h2-7H,8H2,1H3,(H,18,19). The Balaban J connectivity index is 1.91. The van der Waals surface area contributed by atoms with Crippen LogP contribution >= 0.6 is 11.8 Å². The van der Waals surface area contributed by atoms with Gasteiger partial charge in [-0.1, -0.05) is 30.0 Å². The van der Waals surface area contributed by atoms with Crippen molar-refractivity contribution in [1.29, 1.82) is 0 Å². The first kappa shape index (κ1) is 13.6. The Kier molecular flexibility index (Phi) is 3.62. The second-order valence-electron chi connectivity index (χ2n) is 4.53. The molecule has 0 spiro atoms. The lowest BCUT2D eigenvalue weighted by Crippen LogP contribution is -1.99. The Labute approximate surface area is 125 Å². The Morgan fingerprint density at radius 3 is 2.71 bits per heavy atom. The van der Waals surface area contributed by atoms with E-state index < -0.39 is 5.97 Å². The predicted octanol–water partition coefficient (Wildman–Crippen LogP) is 3.52. The van der Waals surface area contributed by atoms with Gasteiger partial charge in [0.05, 0.1) is 5.75 Å². The molecule has 3 aromatic rings. The molecule has 106 valence electrons. The first-order chi connectivity index (χ1) is 10.1. The molecule has 0 radical (unpaired) electrons. The number of hydrogen-bond donors (Lipinski definition) is 1. The van der Waals surface area contributed by atoms with Gasteiger partial charge >= 0.3 is 5.97 Å². The van der Waals surface area contributed by atoms with Crippen LogP contribution in [0.15, 0.2) is 46.2 Å². The van der Waals surface area contributed by atoms with Crippen LogP contribution in [-0.2, 0) is 5.75 Å². The number of fused-ring (bicyclic) bond motifs is 1. The van der Waals surface area contributed by atoms with E-state index in [1.807, 2.05) is 13.0 Å². The summed E-state index contributed by atoms with van der Waals surface area (Å²) in [5.74, 6) is -0.183. The van der Waals surface area contributed by atoms with E-state index in [2.05, 4.69) is 9.97 Å². The van der Waals surface area contributed by atoms with Crippen LogP contribution in [0.5, 0.6) is 0 Å². The van der Waals surface area contributed by atoms with Gasteiger partial charge in [-0.15, -0.1) is 0 Å². The van der Waals surface area contributed by atoms with Gasteiger partial charge in [0.25, 0.3) is 0 Å². The molecule has 0 aliphatic heterocycles. The quantitative estimate of drug-likeness (QED) is 0.587. The highest BCUT2D eigenvalue weighted by Gasteiger charge is 2.20. The van der Waals surface area contributed by atoms with Crippen LogP contribution < -0.4 is 0 Å². The smallest absolute Gasteiger partial charge is 0.339 e. The molecule has 0 saturated heterocycles. The van der Waals surface area contributed by atoms with Crippen molar-refractivity contribution in [1.82, 2.24) is 9.97 Å². The third-order valence-electron chi connectivity index (χ3n) is 2.97. The number of carboxylic acid groups (broad SMARTS) is 1. The Morgan fingerprint density at radius 1 is 1.29 bits per heavy atom. The third-order valence-corrected chi connectivity index (χ3v) is 3.85. The average Bonchev–Trinajstić information content (AvgIpc) is 2.85. The maximum Gasteiger partial charge on any atom is 0.339 e. The molecule has 0 amide bonds. The van der Waals surface area contributed by atoms with Crippen molar-refractivity contribution in [3.8, 4) is 0 Å².